The van der Waals surface area contributed by atoms with Gasteiger partial charge in [-0.1, -0.05) is 52.0 Å². The lowest BCUT2D eigenvalue weighted by molar-refractivity contribution is -0.318. The zero-order valence-electron chi connectivity index (χ0n) is 20.6. The molecule has 0 aromatic heterocycles. The molecule has 0 aliphatic rings. The van der Waals surface area contributed by atoms with Gasteiger partial charge in [-0.25, -0.2) is 4.79 Å². The van der Waals surface area contributed by atoms with Crippen LogP contribution in [0.3, 0.4) is 0 Å². The molecule has 0 unspecified atom stereocenters. The van der Waals surface area contributed by atoms with Gasteiger partial charge in [0.1, 0.15) is 0 Å². The van der Waals surface area contributed by atoms with Crippen LogP contribution in [-0.2, 0) is 19.0 Å². The fraction of sp³-hybridized carbons (Fsp3) is 0.880. The van der Waals surface area contributed by atoms with Crippen LogP contribution < -0.4 is 0 Å². The number of esters is 1. The fourth-order valence-electron chi connectivity index (χ4n) is 3.45. The molecule has 0 radical (unpaired) electrons. The Hall–Kier alpha value is -0.870. The third-order valence-corrected chi connectivity index (χ3v) is 4.43. The first-order chi connectivity index (χ1) is 13.3. The van der Waals surface area contributed by atoms with E-state index in [1.165, 1.54) is 38.5 Å². The summed E-state index contributed by atoms with van der Waals surface area (Å²) in [4.78, 5) is 11.7. The third kappa shape index (κ3) is 15.6. The molecule has 0 fully saturated rings. The van der Waals surface area contributed by atoms with Crippen molar-refractivity contribution in [3.8, 4) is 0 Å². The summed E-state index contributed by atoms with van der Waals surface area (Å²) in [6.07, 6.45) is 11.0. The molecule has 0 N–H and O–H groups in total. The molecule has 0 amide bonds. The number of hydrogen-bond donors (Lipinski definition) is 0. The van der Waals surface area contributed by atoms with Crippen molar-refractivity contribution in [2.45, 2.75) is 137 Å². The van der Waals surface area contributed by atoms with Gasteiger partial charge in [-0.15, -0.1) is 0 Å². The Morgan fingerprint density at radius 1 is 0.759 bits per heavy atom. The van der Waals surface area contributed by atoms with E-state index in [1.54, 1.807) is 6.92 Å². The van der Waals surface area contributed by atoms with Gasteiger partial charge in [-0.3, -0.25) is 0 Å². The van der Waals surface area contributed by atoms with Crippen LogP contribution >= 0.6 is 0 Å². The third-order valence-electron chi connectivity index (χ3n) is 4.43. The van der Waals surface area contributed by atoms with E-state index in [1.807, 2.05) is 0 Å². The van der Waals surface area contributed by atoms with E-state index in [0.717, 1.165) is 12.8 Å². The Morgan fingerprint density at radius 3 is 1.66 bits per heavy atom. The summed E-state index contributed by atoms with van der Waals surface area (Å²) in [5.41, 5.74) is -0.210. The lowest BCUT2D eigenvalue weighted by Gasteiger charge is -2.43. The molecule has 0 aliphatic heterocycles. The van der Waals surface area contributed by atoms with Crippen molar-refractivity contribution >= 4 is 5.97 Å². The second-order valence-corrected chi connectivity index (χ2v) is 10.2. The summed E-state index contributed by atoms with van der Waals surface area (Å²) < 4.78 is 18.3. The van der Waals surface area contributed by atoms with Crippen molar-refractivity contribution in [1.82, 2.24) is 0 Å². The van der Waals surface area contributed by atoms with Crippen molar-refractivity contribution in [3.05, 3.63) is 12.2 Å². The highest BCUT2D eigenvalue weighted by molar-refractivity contribution is 5.86. The standard InChI is InChI=1S/C25H48O4/c1-10-11-12-13-14-15-16-18-25(28-23(4,5)6,29-24(7,8)9)19-17-20-27-22(26)21(2)3/h2,10-20H2,1,3-9H3. The lowest BCUT2D eigenvalue weighted by atomic mass is 9.98. The Kier molecular flexibility index (Phi) is 13.0. The minimum Gasteiger partial charge on any atom is -0.462 e. The van der Waals surface area contributed by atoms with E-state index >= 15 is 0 Å². The first kappa shape index (κ1) is 28.1. The predicted octanol–water partition coefficient (Wildman–Crippen LogP) is 7.35. The molecule has 4 heteroatoms. The highest BCUT2D eigenvalue weighted by Crippen LogP contribution is 2.35. The smallest absolute Gasteiger partial charge is 0.333 e. The van der Waals surface area contributed by atoms with Gasteiger partial charge in [0.25, 0.3) is 0 Å². The van der Waals surface area contributed by atoms with Crippen LogP contribution in [0, 0.1) is 0 Å². The molecule has 0 aromatic carbocycles. The van der Waals surface area contributed by atoms with Crippen LogP contribution in [0.15, 0.2) is 12.2 Å². The van der Waals surface area contributed by atoms with Gasteiger partial charge < -0.3 is 14.2 Å². The first-order valence-corrected chi connectivity index (χ1v) is 11.5. The number of unbranched alkanes of at least 4 members (excludes halogenated alkanes) is 6. The summed E-state index contributed by atoms with van der Waals surface area (Å²) in [5.74, 6) is -1.01. The molecule has 29 heavy (non-hydrogen) atoms. The number of carbonyl (C=O) groups excluding carboxylic acids is 1. The quantitative estimate of drug-likeness (QED) is 0.122. The van der Waals surface area contributed by atoms with Gasteiger partial charge in [0, 0.05) is 18.4 Å². The predicted molar refractivity (Wildman–Crippen MR) is 122 cm³/mol. The van der Waals surface area contributed by atoms with Crippen molar-refractivity contribution in [1.29, 1.82) is 0 Å². The molecule has 4 nitrogen and oxygen atoms in total. The van der Waals surface area contributed by atoms with Gasteiger partial charge >= 0.3 is 5.97 Å². The Labute approximate surface area is 180 Å². The molecule has 0 atom stereocenters. The van der Waals surface area contributed by atoms with Gasteiger partial charge in [0.15, 0.2) is 5.79 Å². The summed E-state index contributed by atoms with van der Waals surface area (Å²) in [7, 11) is 0. The monoisotopic (exact) mass is 412 g/mol. The van der Waals surface area contributed by atoms with Crippen molar-refractivity contribution < 1.29 is 19.0 Å². The minimum atomic E-state index is -0.671. The SMILES string of the molecule is C=C(C)C(=O)OCCCC(CCCCCCCCC)(OC(C)(C)C)OC(C)(C)C. The summed E-state index contributed by atoms with van der Waals surface area (Å²) in [6, 6.07) is 0. The van der Waals surface area contributed by atoms with Crippen molar-refractivity contribution in [3.63, 3.8) is 0 Å². The number of carbonyl (C=O) groups is 1. The zero-order valence-corrected chi connectivity index (χ0v) is 20.6. The van der Waals surface area contributed by atoms with Gasteiger partial charge in [0.2, 0.25) is 0 Å². The maximum absolute atomic E-state index is 11.7. The number of hydrogen-bond acceptors (Lipinski definition) is 4. The Balaban J connectivity index is 4.97. The summed E-state index contributed by atoms with van der Waals surface area (Å²) in [5, 5.41) is 0. The Morgan fingerprint density at radius 2 is 1.21 bits per heavy atom. The average Bonchev–Trinajstić information content (AvgIpc) is 2.54. The molecular weight excluding hydrogens is 364 g/mol. The molecular formula is C25H48O4. The number of ether oxygens (including phenoxy) is 3. The molecule has 0 saturated carbocycles. The van der Waals surface area contributed by atoms with Crippen LogP contribution in [0.4, 0.5) is 0 Å². The molecule has 0 bridgehead atoms. The molecule has 0 saturated heterocycles. The van der Waals surface area contributed by atoms with Crippen LogP contribution in [-0.4, -0.2) is 29.6 Å². The van der Waals surface area contributed by atoms with E-state index in [0.29, 0.717) is 25.0 Å². The lowest BCUT2D eigenvalue weighted by Crippen LogP contribution is -2.47. The summed E-state index contributed by atoms with van der Waals surface area (Å²) in [6.45, 7) is 20.3. The van der Waals surface area contributed by atoms with E-state index in [-0.39, 0.29) is 17.2 Å². The molecule has 172 valence electrons. The van der Waals surface area contributed by atoms with Crippen LogP contribution in [0.1, 0.15) is 120 Å². The van der Waals surface area contributed by atoms with Crippen LogP contribution in [0.2, 0.25) is 0 Å². The average molecular weight is 413 g/mol. The molecule has 0 rings (SSSR count). The Bertz CT molecular complexity index is 452. The highest BCUT2D eigenvalue weighted by Gasteiger charge is 2.39. The molecule has 0 heterocycles. The van der Waals surface area contributed by atoms with Crippen molar-refractivity contribution in [2.75, 3.05) is 6.61 Å². The van der Waals surface area contributed by atoms with E-state index in [2.05, 4.69) is 55.0 Å². The molecule has 0 aromatic rings. The second kappa shape index (κ2) is 13.4. The minimum absolute atomic E-state index is 0.319. The van der Waals surface area contributed by atoms with Gasteiger partial charge in [-0.05, 0) is 61.3 Å². The first-order valence-electron chi connectivity index (χ1n) is 11.5. The topological polar surface area (TPSA) is 44.8 Å². The largest absolute Gasteiger partial charge is 0.462 e. The highest BCUT2D eigenvalue weighted by atomic mass is 16.7. The van der Waals surface area contributed by atoms with Gasteiger partial charge in [-0.2, -0.15) is 0 Å². The van der Waals surface area contributed by atoms with Crippen LogP contribution in [0.25, 0.3) is 0 Å². The fourth-order valence-corrected chi connectivity index (χ4v) is 3.45. The van der Waals surface area contributed by atoms with Crippen LogP contribution in [0.5, 0.6) is 0 Å². The van der Waals surface area contributed by atoms with Gasteiger partial charge in [0.05, 0.1) is 17.8 Å². The zero-order chi connectivity index (χ0) is 22.6. The van der Waals surface area contributed by atoms with E-state index < -0.39 is 5.79 Å². The second-order valence-electron chi connectivity index (χ2n) is 10.2. The number of rotatable bonds is 15. The molecule has 0 aliphatic carbocycles. The molecule has 0 spiro atoms. The summed E-state index contributed by atoms with van der Waals surface area (Å²) >= 11 is 0. The van der Waals surface area contributed by atoms with E-state index in [4.69, 9.17) is 14.2 Å². The normalized spacial score (nSPS) is 12.8. The van der Waals surface area contributed by atoms with E-state index in [9.17, 15) is 4.79 Å². The maximum Gasteiger partial charge on any atom is 0.333 e. The maximum atomic E-state index is 11.7. The van der Waals surface area contributed by atoms with Crippen molar-refractivity contribution in [2.24, 2.45) is 0 Å².